The first-order valence-corrected chi connectivity index (χ1v) is 7.71. The average Bonchev–Trinajstić information content (AvgIpc) is 3.06. The molecule has 4 heteroatoms. The molecule has 0 bridgehead atoms. The molecule has 108 valence electrons. The third kappa shape index (κ3) is 1.99. The van der Waals surface area contributed by atoms with Crippen LogP contribution in [-0.4, -0.2) is 10.7 Å². The van der Waals surface area contributed by atoms with Crippen LogP contribution in [0.4, 0.5) is 0 Å². The van der Waals surface area contributed by atoms with Crippen molar-refractivity contribution in [3.05, 3.63) is 64.4 Å². The zero-order valence-corrected chi connectivity index (χ0v) is 13.4. The van der Waals surface area contributed by atoms with Gasteiger partial charge in [0, 0.05) is 27.1 Å². The summed E-state index contributed by atoms with van der Waals surface area (Å²) in [6, 6.07) is 13.9. The van der Waals surface area contributed by atoms with Crippen molar-refractivity contribution in [2.75, 3.05) is 0 Å². The van der Waals surface area contributed by atoms with Crippen LogP contribution >= 0.6 is 15.9 Å². The molecular weight excluding hydrogens is 342 g/mol. The molecule has 3 nitrogen and oxygen atoms in total. The summed E-state index contributed by atoms with van der Waals surface area (Å²) in [5, 5.41) is 1.01. The number of furan rings is 1. The van der Waals surface area contributed by atoms with Crippen molar-refractivity contribution in [3.63, 3.8) is 0 Å². The molecule has 0 unspecified atom stereocenters. The molecule has 0 saturated carbocycles. The number of hydrogen-bond acceptors (Lipinski definition) is 2. The first kappa shape index (κ1) is 13.3. The standard InChI is InChI=1S/C18H12BrNO2/c1-11-4-5-20-14(6-11)9-15(16(20)10-21)18-8-12-7-13(19)2-3-17(12)22-18/h2-10H,1H3. The maximum atomic E-state index is 11.6. The molecule has 4 aromatic rings. The van der Waals surface area contributed by atoms with Gasteiger partial charge in [0.25, 0.3) is 0 Å². The van der Waals surface area contributed by atoms with Gasteiger partial charge >= 0.3 is 0 Å². The maximum Gasteiger partial charge on any atom is 0.167 e. The molecule has 0 N–H and O–H groups in total. The smallest absolute Gasteiger partial charge is 0.167 e. The highest BCUT2D eigenvalue weighted by molar-refractivity contribution is 9.10. The lowest BCUT2D eigenvalue weighted by atomic mass is 10.1. The van der Waals surface area contributed by atoms with E-state index in [0.717, 1.165) is 38.4 Å². The predicted octanol–water partition coefficient (Wildman–Crippen LogP) is 5.24. The lowest BCUT2D eigenvalue weighted by Gasteiger charge is -1.98. The van der Waals surface area contributed by atoms with Gasteiger partial charge in [-0.2, -0.15) is 0 Å². The lowest BCUT2D eigenvalue weighted by molar-refractivity contribution is 0.111. The van der Waals surface area contributed by atoms with Crippen molar-refractivity contribution < 1.29 is 9.21 Å². The second-order valence-corrected chi connectivity index (χ2v) is 6.27. The quantitative estimate of drug-likeness (QED) is 0.462. The summed E-state index contributed by atoms with van der Waals surface area (Å²) >= 11 is 3.46. The zero-order chi connectivity index (χ0) is 15.3. The number of aromatic nitrogens is 1. The van der Waals surface area contributed by atoms with Gasteiger partial charge in [0.05, 0.1) is 5.69 Å². The fourth-order valence-corrected chi connectivity index (χ4v) is 3.15. The number of hydrogen-bond donors (Lipinski definition) is 0. The summed E-state index contributed by atoms with van der Waals surface area (Å²) in [5.41, 5.74) is 4.36. The number of benzene rings is 1. The molecule has 0 aliphatic rings. The Balaban J connectivity index is 2.00. The number of halogens is 1. The highest BCUT2D eigenvalue weighted by atomic mass is 79.9. The molecule has 0 aliphatic heterocycles. The van der Waals surface area contributed by atoms with Crippen LogP contribution in [0.5, 0.6) is 0 Å². The van der Waals surface area contributed by atoms with Gasteiger partial charge in [0.15, 0.2) is 6.29 Å². The molecule has 1 aromatic carbocycles. The van der Waals surface area contributed by atoms with Crippen molar-refractivity contribution in [3.8, 4) is 11.3 Å². The molecule has 0 atom stereocenters. The van der Waals surface area contributed by atoms with E-state index in [1.54, 1.807) is 0 Å². The summed E-state index contributed by atoms with van der Waals surface area (Å²) in [5.74, 6) is 0.705. The summed E-state index contributed by atoms with van der Waals surface area (Å²) in [6.45, 7) is 2.03. The second kappa shape index (κ2) is 4.85. The van der Waals surface area contributed by atoms with Crippen LogP contribution in [0.1, 0.15) is 16.1 Å². The van der Waals surface area contributed by atoms with E-state index in [0.29, 0.717) is 11.5 Å². The Hall–Kier alpha value is -2.33. The summed E-state index contributed by atoms with van der Waals surface area (Å²) in [7, 11) is 0. The number of aldehydes is 1. The van der Waals surface area contributed by atoms with E-state index in [1.165, 1.54) is 0 Å². The third-order valence-electron chi connectivity index (χ3n) is 3.82. The van der Waals surface area contributed by atoms with Gasteiger partial charge in [0.2, 0.25) is 0 Å². The minimum atomic E-state index is 0.605. The minimum Gasteiger partial charge on any atom is -0.456 e. The van der Waals surface area contributed by atoms with Gasteiger partial charge < -0.3 is 8.82 Å². The van der Waals surface area contributed by atoms with E-state index in [1.807, 2.05) is 53.9 Å². The topological polar surface area (TPSA) is 34.6 Å². The third-order valence-corrected chi connectivity index (χ3v) is 4.32. The highest BCUT2D eigenvalue weighted by Crippen LogP contribution is 2.33. The van der Waals surface area contributed by atoms with Crippen LogP contribution in [0.3, 0.4) is 0 Å². The van der Waals surface area contributed by atoms with Gasteiger partial charge in [-0.1, -0.05) is 15.9 Å². The number of pyridine rings is 1. The molecule has 4 rings (SSSR count). The Kier molecular flexibility index (Phi) is 2.94. The Morgan fingerprint density at radius 2 is 2.00 bits per heavy atom. The maximum absolute atomic E-state index is 11.6. The molecule has 0 spiro atoms. The predicted molar refractivity (Wildman–Crippen MR) is 90.4 cm³/mol. The Morgan fingerprint density at radius 3 is 2.82 bits per heavy atom. The van der Waals surface area contributed by atoms with Crippen molar-refractivity contribution in [1.82, 2.24) is 4.40 Å². The van der Waals surface area contributed by atoms with Crippen molar-refractivity contribution in [2.24, 2.45) is 0 Å². The van der Waals surface area contributed by atoms with Gasteiger partial charge in [-0.25, -0.2) is 0 Å². The first-order chi connectivity index (χ1) is 10.7. The number of fused-ring (bicyclic) bond motifs is 2. The Labute approximate surface area is 135 Å². The molecule has 0 aliphatic carbocycles. The largest absolute Gasteiger partial charge is 0.456 e. The fraction of sp³-hybridized carbons (Fsp3) is 0.0556. The molecule has 3 heterocycles. The SMILES string of the molecule is Cc1ccn2c(C=O)c(-c3cc4cc(Br)ccc4o3)cc2c1. The summed E-state index contributed by atoms with van der Waals surface area (Å²) in [4.78, 5) is 11.6. The number of carbonyl (C=O) groups excluding carboxylic acids is 1. The number of carbonyl (C=O) groups is 1. The van der Waals surface area contributed by atoms with Crippen LogP contribution in [0.15, 0.2) is 57.6 Å². The van der Waals surface area contributed by atoms with Crippen LogP contribution in [0, 0.1) is 6.92 Å². The molecule has 3 aromatic heterocycles. The van der Waals surface area contributed by atoms with Gasteiger partial charge in [-0.05, 0) is 55.0 Å². The number of aryl methyl sites for hydroxylation is 1. The zero-order valence-electron chi connectivity index (χ0n) is 11.8. The van der Waals surface area contributed by atoms with E-state index in [9.17, 15) is 4.79 Å². The fourth-order valence-electron chi connectivity index (χ4n) is 2.78. The van der Waals surface area contributed by atoms with E-state index in [4.69, 9.17) is 4.42 Å². The van der Waals surface area contributed by atoms with Gasteiger partial charge in [0.1, 0.15) is 11.3 Å². The van der Waals surface area contributed by atoms with Crippen molar-refractivity contribution >= 4 is 38.7 Å². The van der Waals surface area contributed by atoms with E-state index < -0.39 is 0 Å². The molecular formula is C18H12BrNO2. The molecule has 22 heavy (non-hydrogen) atoms. The first-order valence-electron chi connectivity index (χ1n) is 6.92. The monoisotopic (exact) mass is 353 g/mol. The molecule has 0 fully saturated rings. The van der Waals surface area contributed by atoms with Crippen molar-refractivity contribution in [2.45, 2.75) is 6.92 Å². The van der Waals surface area contributed by atoms with Gasteiger partial charge in [-0.15, -0.1) is 0 Å². The molecule has 0 amide bonds. The van der Waals surface area contributed by atoms with Gasteiger partial charge in [-0.3, -0.25) is 4.79 Å². The molecule has 0 saturated heterocycles. The Bertz CT molecular complexity index is 1030. The Morgan fingerprint density at radius 1 is 1.14 bits per heavy atom. The van der Waals surface area contributed by atoms with E-state index in [2.05, 4.69) is 22.0 Å². The van der Waals surface area contributed by atoms with Crippen LogP contribution in [0.2, 0.25) is 0 Å². The van der Waals surface area contributed by atoms with E-state index >= 15 is 0 Å². The van der Waals surface area contributed by atoms with Crippen molar-refractivity contribution in [1.29, 1.82) is 0 Å². The average molecular weight is 354 g/mol. The number of nitrogens with zero attached hydrogens (tertiary/aromatic N) is 1. The number of rotatable bonds is 2. The molecule has 0 radical (unpaired) electrons. The van der Waals surface area contributed by atoms with Crippen LogP contribution < -0.4 is 0 Å². The summed E-state index contributed by atoms with van der Waals surface area (Å²) in [6.07, 6.45) is 2.79. The lowest BCUT2D eigenvalue weighted by Crippen LogP contribution is -1.91. The normalized spacial score (nSPS) is 11.4. The van der Waals surface area contributed by atoms with Crippen LogP contribution in [0.25, 0.3) is 27.8 Å². The van der Waals surface area contributed by atoms with E-state index in [-0.39, 0.29) is 0 Å². The highest BCUT2D eigenvalue weighted by Gasteiger charge is 2.15. The second-order valence-electron chi connectivity index (χ2n) is 5.35. The van der Waals surface area contributed by atoms with Crippen LogP contribution in [-0.2, 0) is 0 Å². The minimum absolute atomic E-state index is 0.605. The summed E-state index contributed by atoms with van der Waals surface area (Å²) < 4.78 is 8.81.